The molecule has 25 heavy (non-hydrogen) atoms. The minimum Gasteiger partial charge on any atom is -0.461 e. The maximum Gasteiger partial charge on any atom is 0.355 e. The van der Waals surface area contributed by atoms with E-state index in [9.17, 15) is 10.1 Å². The molecule has 0 fully saturated rings. The van der Waals surface area contributed by atoms with Gasteiger partial charge in [-0.1, -0.05) is 52.0 Å². The van der Waals surface area contributed by atoms with Crippen LogP contribution in [-0.4, -0.2) is 17.1 Å². The van der Waals surface area contributed by atoms with E-state index in [1.165, 1.54) is 5.56 Å². The van der Waals surface area contributed by atoms with Crippen molar-refractivity contribution < 1.29 is 9.53 Å². The molecule has 1 heterocycles. The zero-order chi connectivity index (χ0) is 19.1. The van der Waals surface area contributed by atoms with Crippen molar-refractivity contribution in [3.8, 4) is 17.2 Å². The maximum absolute atomic E-state index is 12.4. The van der Waals surface area contributed by atoms with Gasteiger partial charge in [-0.15, -0.1) is 0 Å². The average molecular weight is 340 g/mol. The third-order valence-corrected chi connectivity index (χ3v) is 4.13. The van der Waals surface area contributed by atoms with Gasteiger partial charge in [0.2, 0.25) is 0 Å². The van der Waals surface area contributed by atoms with Crippen LogP contribution in [0.4, 0.5) is 0 Å². The molecule has 1 aromatic carbocycles. The molecule has 134 valence electrons. The molecule has 4 heteroatoms. The first kappa shape index (κ1) is 20.5. The van der Waals surface area contributed by atoms with Crippen molar-refractivity contribution in [2.75, 3.05) is 6.61 Å². The van der Waals surface area contributed by atoms with Crippen LogP contribution in [0.3, 0.4) is 0 Å². The number of rotatable bonds is 4. The molecule has 0 spiro atoms. The van der Waals surface area contributed by atoms with Crippen molar-refractivity contribution >= 4 is 5.97 Å². The quantitative estimate of drug-likeness (QED) is 0.719. The number of esters is 1. The zero-order valence-electron chi connectivity index (χ0n) is 16.3. The standard InChI is InChI=1S/C19H22N2O2.C2H6/c1-6-23-19(22)18-17(16(11-20)13(4)21(18)5)15-9-7-14(8-10-15)12(2)3;1-2/h7-10,12H,6H2,1-5H3;1-2H3. The van der Waals surface area contributed by atoms with Crippen LogP contribution in [0.1, 0.15) is 67.8 Å². The van der Waals surface area contributed by atoms with Crippen molar-refractivity contribution in [3.63, 3.8) is 0 Å². The smallest absolute Gasteiger partial charge is 0.355 e. The predicted octanol–water partition coefficient (Wildman–Crippen LogP) is 5.20. The van der Waals surface area contributed by atoms with E-state index in [1.807, 2.05) is 45.0 Å². The van der Waals surface area contributed by atoms with E-state index in [1.54, 1.807) is 18.5 Å². The van der Waals surface area contributed by atoms with Crippen LogP contribution in [0, 0.1) is 18.3 Å². The molecule has 0 aliphatic heterocycles. The number of nitriles is 1. The maximum atomic E-state index is 12.4. The van der Waals surface area contributed by atoms with E-state index < -0.39 is 5.97 Å². The molecule has 0 atom stereocenters. The predicted molar refractivity (Wildman–Crippen MR) is 102 cm³/mol. The highest BCUT2D eigenvalue weighted by molar-refractivity contribution is 5.98. The molecule has 0 bridgehead atoms. The van der Waals surface area contributed by atoms with Gasteiger partial charge in [0.25, 0.3) is 0 Å². The second-order valence-electron chi connectivity index (χ2n) is 5.85. The Hall–Kier alpha value is -2.54. The first-order valence-electron chi connectivity index (χ1n) is 8.79. The SMILES string of the molecule is CC.CCOC(=O)c1c(-c2ccc(C(C)C)cc2)c(C#N)c(C)n1C. The fourth-order valence-corrected chi connectivity index (χ4v) is 2.69. The second-order valence-corrected chi connectivity index (χ2v) is 5.85. The first-order valence-corrected chi connectivity index (χ1v) is 8.79. The van der Waals surface area contributed by atoms with Gasteiger partial charge in [0.1, 0.15) is 11.8 Å². The molecule has 0 aliphatic rings. The molecule has 2 rings (SSSR count). The lowest BCUT2D eigenvalue weighted by Crippen LogP contribution is -2.11. The summed E-state index contributed by atoms with van der Waals surface area (Å²) in [6.45, 7) is 12.2. The van der Waals surface area contributed by atoms with E-state index in [2.05, 4.69) is 19.9 Å². The van der Waals surface area contributed by atoms with Gasteiger partial charge in [-0.05, 0) is 30.9 Å². The lowest BCUT2D eigenvalue weighted by Gasteiger charge is -2.09. The number of carbonyl (C=O) groups is 1. The van der Waals surface area contributed by atoms with Gasteiger partial charge in [0, 0.05) is 18.3 Å². The summed E-state index contributed by atoms with van der Waals surface area (Å²) < 4.78 is 6.91. The molecule has 1 aromatic heterocycles. The minimum absolute atomic E-state index is 0.302. The third kappa shape index (κ3) is 4.11. The summed E-state index contributed by atoms with van der Waals surface area (Å²) in [4.78, 5) is 12.4. The summed E-state index contributed by atoms with van der Waals surface area (Å²) >= 11 is 0. The molecule has 0 saturated carbocycles. The molecular weight excluding hydrogens is 312 g/mol. The van der Waals surface area contributed by atoms with Crippen molar-refractivity contribution in [3.05, 3.63) is 46.8 Å². The van der Waals surface area contributed by atoms with Gasteiger partial charge < -0.3 is 9.30 Å². The Morgan fingerprint density at radius 2 is 1.80 bits per heavy atom. The van der Waals surface area contributed by atoms with E-state index in [0.717, 1.165) is 11.3 Å². The van der Waals surface area contributed by atoms with Crippen LogP contribution < -0.4 is 0 Å². The lowest BCUT2D eigenvalue weighted by molar-refractivity contribution is 0.0516. The molecule has 0 aliphatic carbocycles. The number of nitrogens with zero attached hydrogens (tertiary/aromatic N) is 2. The van der Waals surface area contributed by atoms with Gasteiger partial charge in [0.15, 0.2) is 0 Å². The minimum atomic E-state index is -0.400. The Bertz CT molecular complexity index is 763. The van der Waals surface area contributed by atoms with Crippen molar-refractivity contribution in [1.29, 1.82) is 5.26 Å². The highest BCUT2D eigenvalue weighted by Crippen LogP contribution is 2.33. The summed E-state index contributed by atoms with van der Waals surface area (Å²) in [5, 5.41) is 9.54. The normalized spacial score (nSPS) is 10.0. The summed E-state index contributed by atoms with van der Waals surface area (Å²) in [5.41, 5.74) is 4.45. The summed E-state index contributed by atoms with van der Waals surface area (Å²) in [7, 11) is 1.79. The van der Waals surface area contributed by atoms with Crippen LogP contribution in [-0.2, 0) is 11.8 Å². The first-order chi connectivity index (χ1) is 11.9. The fraction of sp³-hybridized carbons (Fsp3) is 0.429. The Kier molecular flexibility index (Phi) is 7.44. The van der Waals surface area contributed by atoms with Crippen LogP contribution >= 0.6 is 0 Å². The Balaban J connectivity index is 0.00000151. The molecule has 2 aromatic rings. The van der Waals surface area contributed by atoms with Gasteiger partial charge >= 0.3 is 5.97 Å². The summed E-state index contributed by atoms with van der Waals surface area (Å²) in [6.07, 6.45) is 0. The van der Waals surface area contributed by atoms with Gasteiger partial charge in [0.05, 0.1) is 12.2 Å². The number of hydrogen-bond acceptors (Lipinski definition) is 3. The fourth-order valence-electron chi connectivity index (χ4n) is 2.69. The molecule has 0 unspecified atom stereocenters. The van der Waals surface area contributed by atoms with Gasteiger partial charge in [-0.2, -0.15) is 5.26 Å². The monoisotopic (exact) mass is 340 g/mol. The van der Waals surface area contributed by atoms with Crippen LogP contribution in [0.2, 0.25) is 0 Å². The van der Waals surface area contributed by atoms with E-state index >= 15 is 0 Å². The Morgan fingerprint density at radius 1 is 1.24 bits per heavy atom. The van der Waals surface area contributed by atoms with Crippen LogP contribution in [0.5, 0.6) is 0 Å². The van der Waals surface area contributed by atoms with Crippen molar-refractivity contribution in [1.82, 2.24) is 4.57 Å². The summed E-state index contributed by atoms with van der Waals surface area (Å²) in [5.74, 6) is 0.0315. The highest BCUT2D eigenvalue weighted by Gasteiger charge is 2.25. The van der Waals surface area contributed by atoms with Crippen molar-refractivity contribution in [2.45, 2.75) is 47.5 Å². The largest absolute Gasteiger partial charge is 0.461 e. The number of benzene rings is 1. The molecule has 0 saturated heterocycles. The zero-order valence-corrected chi connectivity index (χ0v) is 16.3. The van der Waals surface area contributed by atoms with E-state index in [-0.39, 0.29) is 0 Å². The van der Waals surface area contributed by atoms with E-state index in [4.69, 9.17) is 4.74 Å². The molecule has 0 N–H and O–H groups in total. The second kappa shape index (κ2) is 9.08. The van der Waals surface area contributed by atoms with Crippen LogP contribution in [0.15, 0.2) is 24.3 Å². The number of aromatic nitrogens is 1. The topological polar surface area (TPSA) is 55.0 Å². The lowest BCUT2D eigenvalue weighted by atomic mass is 9.96. The Morgan fingerprint density at radius 3 is 2.24 bits per heavy atom. The summed E-state index contributed by atoms with van der Waals surface area (Å²) in [6, 6.07) is 10.2. The Labute approximate surface area is 151 Å². The highest BCUT2D eigenvalue weighted by atomic mass is 16.5. The molecular formula is C21H28N2O2. The molecule has 0 amide bonds. The molecule has 4 nitrogen and oxygen atoms in total. The molecule has 0 radical (unpaired) electrons. The van der Waals surface area contributed by atoms with Crippen molar-refractivity contribution in [2.24, 2.45) is 7.05 Å². The van der Waals surface area contributed by atoms with E-state index in [0.29, 0.717) is 29.3 Å². The third-order valence-electron chi connectivity index (χ3n) is 4.13. The number of ether oxygens (including phenoxy) is 1. The number of carbonyl (C=O) groups excluding carboxylic acids is 1. The van der Waals surface area contributed by atoms with Gasteiger partial charge in [-0.3, -0.25) is 0 Å². The van der Waals surface area contributed by atoms with Gasteiger partial charge in [-0.25, -0.2) is 4.79 Å². The van der Waals surface area contributed by atoms with Crippen LogP contribution in [0.25, 0.3) is 11.1 Å². The number of hydrogen-bond donors (Lipinski definition) is 0. The average Bonchev–Trinajstić information content (AvgIpc) is 2.88.